The molecular formula is C17H16F3N3O. The Bertz CT molecular complexity index is 871. The van der Waals surface area contributed by atoms with Crippen LogP contribution in [-0.4, -0.2) is 23.0 Å². The van der Waals surface area contributed by atoms with Crippen LogP contribution in [0.15, 0.2) is 42.6 Å². The number of ether oxygens (including phenoxy) is 1. The largest absolute Gasteiger partial charge is 0.496 e. The van der Waals surface area contributed by atoms with E-state index in [2.05, 4.69) is 4.98 Å². The van der Waals surface area contributed by atoms with Gasteiger partial charge in [0, 0.05) is 18.2 Å². The lowest BCUT2D eigenvalue weighted by Crippen LogP contribution is -2.09. The van der Waals surface area contributed by atoms with Gasteiger partial charge in [-0.15, -0.1) is 0 Å². The molecule has 7 heteroatoms. The lowest BCUT2D eigenvalue weighted by molar-refractivity contribution is -0.137. The molecule has 0 aliphatic carbocycles. The maximum absolute atomic E-state index is 13.0. The third kappa shape index (κ3) is 2.82. The number of nitrogens with zero attached hydrogens (tertiary/aromatic N) is 2. The summed E-state index contributed by atoms with van der Waals surface area (Å²) >= 11 is 0. The smallest absolute Gasteiger partial charge is 0.417 e. The molecule has 24 heavy (non-hydrogen) atoms. The Balaban J connectivity index is 2.26. The summed E-state index contributed by atoms with van der Waals surface area (Å²) in [5, 5.41) is 0. The van der Waals surface area contributed by atoms with Gasteiger partial charge in [0.1, 0.15) is 11.4 Å². The molecule has 2 heterocycles. The Hall–Kier alpha value is -2.54. The predicted molar refractivity (Wildman–Crippen MR) is 84.9 cm³/mol. The normalized spacial score (nSPS) is 11.9. The van der Waals surface area contributed by atoms with Crippen LogP contribution in [0.5, 0.6) is 5.75 Å². The van der Waals surface area contributed by atoms with Crippen molar-refractivity contribution < 1.29 is 17.9 Å². The minimum absolute atomic E-state index is 0.298. The van der Waals surface area contributed by atoms with Crippen LogP contribution in [0.3, 0.4) is 0 Å². The van der Waals surface area contributed by atoms with Gasteiger partial charge in [-0.2, -0.15) is 13.2 Å². The molecule has 0 spiro atoms. The van der Waals surface area contributed by atoms with Crippen LogP contribution in [0.2, 0.25) is 0 Å². The van der Waals surface area contributed by atoms with Crippen LogP contribution < -0.4 is 10.5 Å². The van der Waals surface area contributed by atoms with E-state index in [0.29, 0.717) is 35.8 Å². The first-order chi connectivity index (χ1) is 11.5. The number of aromatic nitrogens is 2. The van der Waals surface area contributed by atoms with Crippen molar-refractivity contribution in [2.75, 3.05) is 13.7 Å². The van der Waals surface area contributed by atoms with Crippen molar-refractivity contribution in [2.45, 2.75) is 12.6 Å². The molecule has 0 bridgehead atoms. The fourth-order valence-corrected chi connectivity index (χ4v) is 2.69. The highest BCUT2D eigenvalue weighted by atomic mass is 19.4. The molecule has 2 N–H and O–H groups in total. The van der Waals surface area contributed by atoms with E-state index in [1.807, 2.05) is 18.2 Å². The zero-order chi connectivity index (χ0) is 17.3. The van der Waals surface area contributed by atoms with Crippen LogP contribution >= 0.6 is 0 Å². The monoisotopic (exact) mass is 335 g/mol. The molecule has 4 nitrogen and oxygen atoms in total. The number of methoxy groups -OCH3 is 1. The molecular weight excluding hydrogens is 319 g/mol. The summed E-state index contributed by atoms with van der Waals surface area (Å²) in [6.07, 6.45) is -2.95. The minimum Gasteiger partial charge on any atom is -0.496 e. The Kier molecular flexibility index (Phi) is 4.19. The molecule has 0 aliphatic rings. The highest BCUT2D eigenvalue weighted by molar-refractivity contribution is 5.72. The number of hydrogen-bond acceptors (Lipinski definition) is 3. The van der Waals surface area contributed by atoms with E-state index in [-0.39, 0.29) is 0 Å². The van der Waals surface area contributed by atoms with E-state index in [1.54, 1.807) is 13.2 Å². The number of pyridine rings is 1. The number of imidazole rings is 1. The standard InChI is InChI=1S/C17H16F3N3O/c1-24-14-5-3-2-4-12(14)16-13(8-9-21)23-10-11(17(18,19)20)6-7-15(23)22-16/h2-7,10H,8-9,21H2,1H3. The van der Waals surface area contributed by atoms with E-state index in [4.69, 9.17) is 10.5 Å². The zero-order valence-corrected chi connectivity index (χ0v) is 13.0. The van der Waals surface area contributed by atoms with Gasteiger partial charge in [0.25, 0.3) is 0 Å². The van der Waals surface area contributed by atoms with Crippen molar-refractivity contribution in [1.82, 2.24) is 9.38 Å². The molecule has 3 aromatic rings. The van der Waals surface area contributed by atoms with Crippen molar-refractivity contribution in [3.05, 3.63) is 53.9 Å². The van der Waals surface area contributed by atoms with Gasteiger partial charge in [0.2, 0.25) is 0 Å². The maximum atomic E-state index is 13.0. The van der Waals surface area contributed by atoms with E-state index in [0.717, 1.165) is 17.8 Å². The lowest BCUT2D eigenvalue weighted by Gasteiger charge is -2.10. The first kappa shape index (κ1) is 16.3. The SMILES string of the molecule is COc1ccccc1-c1nc2ccc(C(F)(F)F)cn2c1CCN. The van der Waals surface area contributed by atoms with Crippen molar-refractivity contribution >= 4 is 5.65 Å². The first-order valence-corrected chi connectivity index (χ1v) is 7.37. The molecule has 0 saturated carbocycles. The number of hydrogen-bond donors (Lipinski definition) is 1. The van der Waals surface area contributed by atoms with Crippen molar-refractivity contribution in [2.24, 2.45) is 5.73 Å². The zero-order valence-electron chi connectivity index (χ0n) is 13.0. The highest BCUT2D eigenvalue weighted by Crippen LogP contribution is 2.34. The minimum atomic E-state index is -4.41. The lowest BCUT2D eigenvalue weighted by atomic mass is 10.1. The van der Waals surface area contributed by atoms with Crippen LogP contribution in [0.4, 0.5) is 13.2 Å². The van der Waals surface area contributed by atoms with Gasteiger partial charge in [-0.05, 0) is 30.8 Å². The molecule has 0 radical (unpaired) electrons. The number of benzene rings is 1. The van der Waals surface area contributed by atoms with Crippen molar-refractivity contribution in [1.29, 1.82) is 0 Å². The van der Waals surface area contributed by atoms with E-state index in [9.17, 15) is 13.2 Å². The van der Waals surface area contributed by atoms with E-state index >= 15 is 0 Å². The van der Waals surface area contributed by atoms with Gasteiger partial charge in [0.15, 0.2) is 0 Å². The van der Waals surface area contributed by atoms with Crippen LogP contribution in [0.25, 0.3) is 16.9 Å². The number of alkyl halides is 3. The van der Waals surface area contributed by atoms with Gasteiger partial charge in [-0.3, -0.25) is 0 Å². The summed E-state index contributed by atoms with van der Waals surface area (Å²) < 4.78 is 45.8. The fraction of sp³-hybridized carbons (Fsp3) is 0.235. The third-order valence-corrected chi connectivity index (χ3v) is 3.79. The van der Waals surface area contributed by atoms with Gasteiger partial charge in [-0.25, -0.2) is 4.98 Å². The van der Waals surface area contributed by atoms with E-state index in [1.165, 1.54) is 10.5 Å². The van der Waals surface area contributed by atoms with Gasteiger partial charge >= 0.3 is 6.18 Å². The summed E-state index contributed by atoms with van der Waals surface area (Å²) in [6.45, 7) is 0.298. The summed E-state index contributed by atoms with van der Waals surface area (Å²) in [5.74, 6) is 0.607. The second-order valence-electron chi connectivity index (χ2n) is 5.29. The summed E-state index contributed by atoms with van der Waals surface area (Å²) in [4.78, 5) is 4.49. The average Bonchev–Trinajstić information content (AvgIpc) is 2.92. The molecule has 126 valence electrons. The Morgan fingerprint density at radius 2 is 1.92 bits per heavy atom. The highest BCUT2D eigenvalue weighted by Gasteiger charge is 2.31. The molecule has 0 unspecified atom stereocenters. The number of nitrogens with two attached hydrogens (primary N) is 1. The predicted octanol–water partition coefficient (Wildman–Crippen LogP) is 3.53. The quantitative estimate of drug-likeness (QED) is 0.793. The third-order valence-electron chi connectivity index (χ3n) is 3.79. The summed E-state index contributed by atoms with van der Waals surface area (Å²) in [6, 6.07) is 9.65. The maximum Gasteiger partial charge on any atom is 0.417 e. The summed E-state index contributed by atoms with van der Waals surface area (Å²) in [7, 11) is 1.54. The van der Waals surface area contributed by atoms with Crippen LogP contribution in [-0.2, 0) is 12.6 Å². The number of halogens is 3. The second-order valence-corrected chi connectivity index (χ2v) is 5.29. The molecule has 0 saturated heterocycles. The molecule has 2 aromatic heterocycles. The van der Waals surface area contributed by atoms with Gasteiger partial charge < -0.3 is 14.9 Å². The molecule has 0 aliphatic heterocycles. The number of para-hydroxylation sites is 1. The van der Waals surface area contributed by atoms with Crippen molar-refractivity contribution in [3.63, 3.8) is 0 Å². The molecule has 0 fully saturated rings. The molecule has 1 aromatic carbocycles. The van der Waals surface area contributed by atoms with Crippen LogP contribution in [0, 0.1) is 0 Å². The average molecular weight is 335 g/mol. The Labute approximate surface area is 136 Å². The van der Waals surface area contributed by atoms with Gasteiger partial charge in [0.05, 0.1) is 24.1 Å². The number of fused-ring (bicyclic) bond motifs is 1. The second kappa shape index (κ2) is 6.16. The Morgan fingerprint density at radius 1 is 1.17 bits per heavy atom. The van der Waals surface area contributed by atoms with Crippen LogP contribution in [0.1, 0.15) is 11.3 Å². The molecule has 3 rings (SSSR count). The van der Waals surface area contributed by atoms with Crippen molar-refractivity contribution in [3.8, 4) is 17.0 Å². The topological polar surface area (TPSA) is 52.5 Å². The van der Waals surface area contributed by atoms with Gasteiger partial charge in [-0.1, -0.05) is 12.1 Å². The Morgan fingerprint density at radius 3 is 2.58 bits per heavy atom. The number of rotatable bonds is 4. The molecule has 0 amide bonds. The summed E-state index contributed by atoms with van der Waals surface area (Å²) in [5.41, 5.74) is 7.30. The fourth-order valence-electron chi connectivity index (χ4n) is 2.69. The molecule has 0 atom stereocenters. The van der Waals surface area contributed by atoms with E-state index < -0.39 is 11.7 Å². The first-order valence-electron chi connectivity index (χ1n) is 7.37.